The number of rotatable bonds is 5. The molecule has 0 aliphatic heterocycles. The van der Waals surface area contributed by atoms with Crippen molar-refractivity contribution >= 4 is 21.8 Å². The summed E-state index contributed by atoms with van der Waals surface area (Å²) in [6.45, 7) is 6.54. The lowest BCUT2D eigenvalue weighted by atomic mass is 9.84. The minimum absolute atomic E-state index is 0.0442. The number of amides is 1. The fourth-order valence-corrected chi connectivity index (χ4v) is 1.98. The summed E-state index contributed by atoms with van der Waals surface area (Å²) in [6.07, 6.45) is 0. The molecule has 0 aromatic heterocycles. The molecule has 0 saturated carbocycles. The minimum atomic E-state index is -0.531. The molecule has 0 saturated heterocycles. The number of carbonyl (C=O) groups is 1. The van der Waals surface area contributed by atoms with Crippen LogP contribution in [0.3, 0.4) is 0 Å². The van der Waals surface area contributed by atoms with E-state index in [1.165, 1.54) is 0 Å². The van der Waals surface area contributed by atoms with Crippen molar-refractivity contribution in [1.29, 1.82) is 0 Å². The van der Waals surface area contributed by atoms with E-state index < -0.39 is 5.41 Å². The molecule has 2 N–H and O–H groups in total. The Hall–Kier alpha value is -0.870. The second kappa shape index (κ2) is 6.34. The molecule has 4 heteroatoms. The predicted molar refractivity (Wildman–Crippen MR) is 78.7 cm³/mol. The molecule has 0 radical (unpaired) electrons. The zero-order chi connectivity index (χ0) is 13.8. The maximum atomic E-state index is 12.2. The monoisotopic (exact) mass is 312 g/mol. The molecule has 0 heterocycles. The van der Waals surface area contributed by atoms with Crippen LogP contribution in [0.4, 0.5) is 0 Å². The molecule has 0 aliphatic carbocycles. The van der Waals surface area contributed by atoms with Crippen LogP contribution in [0, 0.1) is 0 Å². The molecule has 100 valence electrons. The molecule has 1 rings (SSSR count). The molecule has 1 atom stereocenters. The van der Waals surface area contributed by atoms with Gasteiger partial charge >= 0.3 is 0 Å². The average molecular weight is 313 g/mol. The summed E-state index contributed by atoms with van der Waals surface area (Å²) in [5.41, 5.74) is 0.475. The Bertz CT molecular complexity index is 418. The molecule has 0 spiro atoms. The van der Waals surface area contributed by atoms with Crippen molar-refractivity contribution in [3.63, 3.8) is 0 Å². The summed E-state index contributed by atoms with van der Waals surface area (Å²) in [7, 11) is 1.89. The molecule has 0 aliphatic rings. The summed E-state index contributed by atoms with van der Waals surface area (Å²) >= 11 is 3.44. The molecule has 18 heavy (non-hydrogen) atoms. The van der Waals surface area contributed by atoms with E-state index in [0.717, 1.165) is 10.0 Å². The van der Waals surface area contributed by atoms with Gasteiger partial charge in [-0.25, -0.2) is 0 Å². The van der Waals surface area contributed by atoms with Crippen LogP contribution in [0.15, 0.2) is 28.7 Å². The maximum Gasteiger partial charge on any atom is 0.230 e. The van der Waals surface area contributed by atoms with Crippen LogP contribution in [-0.4, -0.2) is 25.5 Å². The van der Waals surface area contributed by atoms with Gasteiger partial charge in [-0.3, -0.25) is 4.79 Å². The summed E-state index contributed by atoms with van der Waals surface area (Å²) in [4.78, 5) is 12.2. The first-order chi connectivity index (χ1) is 8.37. The normalized spacial score (nSPS) is 13.2. The first-order valence-electron chi connectivity index (χ1n) is 6.09. The molecular weight excluding hydrogens is 292 g/mol. The molecule has 1 aromatic rings. The lowest BCUT2D eigenvalue weighted by Gasteiger charge is -2.25. The van der Waals surface area contributed by atoms with Gasteiger partial charge in [0.15, 0.2) is 0 Å². The van der Waals surface area contributed by atoms with E-state index in [-0.39, 0.29) is 11.9 Å². The molecule has 0 fully saturated rings. The number of hydrogen-bond acceptors (Lipinski definition) is 2. The lowest BCUT2D eigenvalue weighted by Crippen LogP contribution is -2.45. The van der Waals surface area contributed by atoms with Gasteiger partial charge in [0.25, 0.3) is 0 Å². The van der Waals surface area contributed by atoms with E-state index in [9.17, 15) is 4.79 Å². The van der Waals surface area contributed by atoms with E-state index in [1.54, 1.807) is 0 Å². The van der Waals surface area contributed by atoms with Gasteiger partial charge < -0.3 is 10.6 Å². The summed E-state index contributed by atoms with van der Waals surface area (Å²) in [5.74, 6) is 0.0442. The summed E-state index contributed by atoms with van der Waals surface area (Å²) in [6, 6.07) is 8.14. The molecule has 1 unspecified atom stereocenters. The van der Waals surface area contributed by atoms with E-state index in [2.05, 4.69) is 26.6 Å². The van der Waals surface area contributed by atoms with Crippen LogP contribution in [-0.2, 0) is 10.2 Å². The highest BCUT2D eigenvalue weighted by Gasteiger charge is 2.29. The zero-order valence-electron chi connectivity index (χ0n) is 11.4. The second-order valence-electron chi connectivity index (χ2n) is 5.04. The molecular formula is C14H21BrN2O. The summed E-state index contributed by atoms with van der Waals surface area (Å²) < 4.78 is 0.990. The maximum absolute atomic E-state index is 12.2. The Morgan fingerprint density at radius 3 is 2.67 bits per heavy atom. The van der Waals surface area contributed by atoms with E-state index in [0.29, 0.717) is 6.54 Å². The highest BCUT2D eigenvalue weighted by molar-refractivity contribution is 9.10. The number of benzene rings is 1. The van der Waals surface area contributed by atoms with Gasteiger partial charge in [0.2, 0.25) is 5.91 Å². The van der Waals surface area contributed by atoms with Crippen LogP contribution < -0.4 is 10.6 Å². The number of carbonyl (C=O) groups excluding carboxylic acids is 1. The van der Waals surface area contributed by atoms with Crippen LogP contribution in [0.2, 0.25) is 0 Å². The van der Waals surface area contributed by atoms with Gasteiger partial charge in [0.05, 0.1) is 5.41 Å². The Morgan fingerprint density at radius 1 is 1.44 bits per heavy atom. The molecule has 1 aromatic carbocycles. The van der Waals surface area contributed by atoms with Gasteiger partial charge in [0, 0.05) is 17.1 Å². The summed E-state index contributed by atoms with van der Waals surface area (Å²) in [5, 5.41) is 6.07. The first-order valence-corrected chi connectivity index (χ1v) is 6.89. The minimum Gasteiger partial charge on any atom is -0.354 e. The Morgan fingerprint density at radius 2 is 2.11 bits per heavy atom. The SMILES string of the molecule is CNC(C)CNC(=O)C(C)(C)c1cccc(Br)c1. The van der Waals surface area contributed by atoms with Crippen molar-refractivity contribution in [3.8, 4) is 0 Å². The van der Waals surface area contributed by atoms with Gasteiger partial charge in [-0.15, -0.1) is 0 Å². The van der Waals surface area contributed by atoms with Crippen LogP contribution in [0.1, 0.15) is 26.3 Å². The van der Waals surface area contributed by atoms with Gasteiger partial charge in [-0.1, -0.05) is 28.1 Å². The van der Waals surface area contributed by atoms with Gasteiger partial charge in [-0.05, 0) is 45.5 Å². The van der Waals surface area contributed by atoms with Gasteiger partial charge in [-0.2, -0.15) is 0 Å². The lowest BCUT2D eigenvalue weighted by molar-refractivity contribution is -0.125. The second-order valence-corrected chi connectivity index (χ2v) is 5.95. The first kappa shape index (κ1) is 15.2. The van der Waals surface area contributed by atoms with Crippen molar-refractivity contribution in [1.82, 2.24) is 10.6 Å². The number of likely N-dealkylation sites (N-methyl/N-ethyl adjacent to an activating group) is 1. The fraction of sp³-hybridized carbons (Fsp3) is 0.500. The Balaban J connectivity index is 2.76. The molecule has 0 bridgehead atoms. The number of halogens is 1. The van der Waals surface area contributed by atoms with E-state index in [1.807, 2.05) is 52.1 Å². The zero-order valence-corrected chi connectivity index (χ0v) is 13.0. The third-order valence-electron chi connectivity index (χ3n) is 3.18. The quantitative estimate of drug-likeness (QED) is 0.877. The van der Waals surface area contributed by atoms with E-state index >= 15 is 0 Å². The standard InChI is InChI=1S/C14H21BrN2O/c1-10(16-4)9-17-13(18)14(2,3)11-6-5-7-12(15)8-11/h5-8,10,16H,9H2,1-4H3,(H,17,18). The number of nitrogens with one attached hydrogen (secondary N) is 2. The highest BCUT2D eigenvalue weighted by Crippen LogP contribution is 2.25. The number of hydrogen-bond donors (Lipinski definition) is 2. The molecule has 3 nitrogen and oxygen atoms in total. The molecule has 1 amide bonds. The van der Waals surface area contributed by atoms with Crippen LogP contribution in [0.5, 0.6) is 0 Å². The Labute approximate surface area is 117 Å². The van der Waals surface area contributed by atoms with Crippen molar-refractivity contribution in [2.24, 2.45) is 0 Å². The third-order valence-corrected chi connectivity index (χ3v) is 3.67. The van der Waals surface area contributed by atoms with Crippen LogP contribution in [0.25, 0.3) is 0 Å². The largest absolute Gasteiger partial charge is 0.354 e. The third kappa shape index (κ3) is 3.82. The fourth-order valence-electron chi connectivity index (χ4n) is 1.58. The van der Waals surface area contributed by atoms with Crippen molar-refractivity contribution in [3.05, 3.63) is 34.3 Å². The smallest absolute Gasteiger partial charge is 0.230 e. The average Bonchev–Trinajstić information content (AvgIpc) is 2.35. The topological polar surface area (TPSA) is 41.1 Å². The van der Waals surface area contributed by atoms with Crippen molar-refractivity contribution in [2.75, 3.05) is 13.6 Å². The Kier molecular flexibility index (Phi) is 5.35. The predicted octanol–water partition coefficient (Wildman–Crippen LogP) is 2.45. The van der Waals surface area contributed by atoms with Crippen molar-refractivity contribution in [2.45, 2.75) is 32.2 Å². The van der Waals surface area contributed by atoms with Gasteiger partial charge in [0.1, 0.15) is 0 Å². The van der Waals surface area contributed by atoms with Crippen LogP contribution >= 0.6 is 15.9 Å². The van der Waals surface area contributed by atoms with E-state index in [4.69, 9.17) is 0 Å². The van der Waals surface area contributed by atoms with Crippen molar-refractivity contribution < 1.29 is 4.79 Å². The highest BCUT2D eigenvalue weighted by atomic mass is 79.9.